The van der Waals surface area contributed by atoms with Crippen molar-refractivity contribution in [3.05, 3.63) is 88.5 Å². The summed E-state index contributed by atoms with van der Waals surface area (Å²) >= 11 is 1.34. The van der Waals surface area contributed by atoms with E-state index >= 15 is 0 Å². The Kier molecular flexibility index (Phi) is 6.43. The second kappa shape index (κ2) is 9.82. The number of hydrogen-bond donors (Lipinski definition) is 2. The van der Waals surface area contributed by atoms with Crippen LogP contribution < -0.4 is 15.0 Å². The lowest BCUT2D eigenvalue weighted by molar-refractivity contribution is 0.355. The number of imidazole rings is 1. The Hall–Kier alpha value is -4.18. The molecule has 0 aliphatic rings. The Bertz CT molecular complexity index is 1540. The minimum Gasteiger partial charge on any atom is -0.493 e. The fraction of sp³-hybridized carbons (Fsp3) is 0.115. The van der Waals surface area contributed by atoms with Crippen molar-refractivity contribution in [1.29, 1.82) is 0 Å². The van der Waals surface area contributed by atoms with Gasteiger partial charge in [0.2, 0.25) is 0 Å². The Morgan fingerprint density at radius 3 is 2.08 bits per heavy atom. The lowest BCUT2D eigenvalue weighted by Crippen LogP contribution is -2.11. The summed E-state index contributed by atoms with van der Waals surface area (Å²) < 4.78 is 37.6. The number of ether oxygens (including phenoxy) is 2. The van der Waals surface area contributed by atoms with E-state index in [1.54, 1.807) is 36.4 Å². The molecule has 0 fully saturated rings. The summed E-state index contributed by atoms with van der Waals surface area (Å²) in [5.41, 5.74) is 2.88. The van der Waals surface area contributed by atoms with Gasteiger partial charge in [-0.05, 0) is 54.6 Å². The number of nitrogens with zero attached hydrogens (tertiary/aromatic N) is 2. The van der Waals surface area contributed by atoms with Crippen LogP contribution in [0.15, 0.2) is 70.6 Å². The predicted molar refractivity (Wildman–Crippen MR) is 134 cm³/mol. The lowest BCUT2D eigenvalue weighted by atomic mass is 10.1. The minimum absolute atomic E-state index is 0.296. The van der Waals surface area contributed by atoms with E-state index in [4.69, 9.17) is 14.5 Å². The van der Waals surface area contributed by atoms with Crippen LogP contribution in [0.25, 0.3) is 33.4 Å². The number of fused-ring (bicyclic) bond motifs is 1. The molecule has 182 valence electrons. The Morgan fingerprint density at radius 2 is 1.44 bits per heavy atom. The van der Waals surface area contributed by atoms with E-state index < -0.39 is 0 Å². The molecule has 36 heavy (non-hydrogen) atoms. The van der Waals surface area contributed by atoms with Crippen molar-refractivity contribution in [3.63, 3.8) is 0 Å². The highest BCUT2D eigenvalue weighted by Crippen LogP contribution is 2.34. The fourth-order valence-corrected chi connectivity index (χ4v) is 4.52. The zero-order chi connectivity index (χ0) is 25.2. The van der Waals surface area contributed by atoms with Gasteiger partial charge in [0, 0.05) is 17.2 Å². The first kappa shape index (κ1) is 23.6. The summed E-state index contributed by atoms with van der Waals surface area (Å²) in [4.78, 5) is 28.0. The van der Waals surface area contributed by atoms with Crippen LogP contribution in [0.5, 0.6) is 11.5 Å². The minimum atomic E-state index is -0.354. The van der Waals surface area contributed by atoms with E-state index in [2.05, 4.69) is 15.0 Å². The zero-order valence-electron chi connectivity index (χ0n) is 19.3. The van der Waals surface area contributed by atoms with Crippen molar-refractivity contribution < 1.29 is 18.3 Å². The molecule has 3 aromatic carbocycles. The van der Waals surface area contributed by atoms with Crippen LogP contribution in [0.1, 0.15) is 5.82 Å². The quantitative estimate of drug-likeness (QED) is 0.281. The van der Waals surface area contributed by atoms with Gasteiger partial charge in [-0.15, -0.1) is 0 Å². The number of rotatable bonds is 7. The number of aromatic amines is 2. The molecule has 10 heteroatoms. The first-order chi connectivity index (χ1) is 17.4. The second-order valence-corrected chi connectivity index (χ2v) is 8.77. The number of thioether (sulfide) groups is 1. The molecule has 0 radical (unpaired) electrons. The van der Waals surface area contributed by atoms with Crippen LogP contribution in [0, 0.1) is 11.6 Å². The number of benzene rings is 3. The molecule has 0 aliphatic carbocycles. The van der Waals surface area contributed by atoms with Gasteiger partial charge in [0.25, 0.3) is 5.56 Å². The smallest absolute Gasteiger partial charge is 0.258 e. The average molecular weight is 507 g/mol. The standard InChI is InChI=1S/C26H20F2N4O3S/c1-34-20-11-18-19(12-21(20)35-2)29-22(30-25(18)33)13-36-26-31-23(14-3-7-16(27)8-4-14)24(32-26)15-5-9-17(28)10-6-15/h3-12H,13H2,1-2H3,(H,31,32)(H,29,30,33). The summed E-state index contributed by atoms with van der Waals surface area (Å²) in [5, 5.41) is 0.945. The third kappa shape index (κ3) is 4.67. The SMILES string of the molecule is COc1cc2nc(CSc3nc(-c4ccc(F)cc4)c(-c4ccc(F)cc4)[nH]3)[nH]c(=O)c2cc1OC. The molecule has 7 nitrogen and oxygen atoms in total. The van der Waals surface area contributed by atoms with Gasteiger partial charge in [-0.25, -0.2) is 18.7 Å². The first-order valence-corrected chi connectivity index (χ1v) is 11.8. The molecule has 5 rings (SSSR count). The fourth-order valence-electron chi connectivity index (χ4n) is 3.78. The van der Waals surface area contributed by atoms with Gasteiger partial charge >= 0.3 is 0 Å². The highest BCUT2D eigenvalue weighted by molar-refractivity contribution is 7.98. The van der Waals surface area contributed by atoms with E-state index in [9.17, 15) is 13.6 Å². The molecule has 2 N–H and O–H groups in total. The maximum absolute atomic E-state index is 13.5. The monoisotopic (exact) mass is 506 g/mol. The van der Waals surface area contributed by atoms with E-state index in [1.807, 2.05) is 0 Å². The molecule has 0 atom stereocenters. The number of methoxy groups -OCH3 is 2. The average Bonchev–Trinajstić information content (AvgIpc) is 3.32. The third-order valence-corrected chi connectivity index (χ3v) is 6.42. The van der Waals surface area contributed by atoms with Crippen molar-refractivity contribution in [1.82, 2.24) is 19.9 Å². The predicted octanol–water partition coefficient (Wildman–Crippen LogP) is 5.57. The van der Waals surface area contributed by atoms with Gasteiger partial charge in [0.15, 0.2) is 16.7 Å². The number of nitrogens with one attached hydrogen (secondary N) is 2. The van der Waals surface area contributed by atoms with Crippen molar-refractivity contribution in [2.75, 3.05) is 14.2 Å². The molecule has 5 aromatic rings. The molecule has 0 saturated heterocycles. The van der Waals surface area contributed by atoms with Crippen LogP contribution in [0.4, 0.5) is 8.78 Å². The van der Waals surface area contributed by atoms with Crippen LogP contribution in [0.3, 0.4) is 0 Å². The Labute approximate surface area is 208 Å². The number of aromatic nitrogens is 4. The van der Waals surface area contributed by atoms with Crippen molar-refractivity contribution in [2.45, 2.75) is 10.9 Å². The molecule has 0 unspecified atom stereocenters. The molecule has 0 aliphatic heterocycles. The highest BCUT2D eigenvalue weighted by Gasteiger charge is 2.16. The highest BCUT2D eigenvalue weighted by atomic mass is 32.2. The first-order valence-electron chi connectivity index (χ1n) is 10.8. The van der Waals surface area contributed by atoms with Gasteiger partial charge in [-0.2, -0.15) is 0 Å². The summed E-state index contributed by atoms with van der Waals surface area (Å²) in [6.45, 7) is 0. The maximum Gasteiger partial charge on any atom is 0.258 e. The van der Waals surface area contributed by atoms with Gasteiger partial charge in [0.1, 0.15) is 17.5 Å². The molecule has 2 aromatic heterocycles. The largest absolute Gasteiger partial charge is 0.493 e. The molecule has 0 amide bonds. The van der Waals surface area contributed by atoms with E-state index in [1.165, 1.54) is 50.2 Å². The zero-order valence-corrected chi connectivity index (χ0v) is 20.1. The maximum atomic E-state index is 13.5. The lowest BCUT2D eigenvalue weighted by Gasteiger charge is -2.09. The van der Waals surface area contributed by atoms with Crippen LogP contribution in [0.2, 0.25) is 0 Å². The van der Waals surface area contributed by atoms with Crippen molar-refractivity contribution in [2.24, 2.45) is 0 Å². The number of H-pyrrole nitrogens is 2. The van der Waals surface area contributed by atoms with Gasteiger partial charge < -0.3 is 19.4 Å². The topological polar surface area (TPSA) is 92.9 Å². The summed E-state index contributed by atoms with van der Waals surface area (Å²) in [6, 6.07) is 15.3. The normalized spacial score (nSPS) is 11.1. The summed E-state index contributed by atoms with van der Waals surface area (Å²) in [5.74, 6) is 0.980. The molecular weight excluding hydrogens is 486 g/mol. The Morgan fingerprint density at radius 1 is 0.833 bits per heavy atom. The number of hydrogen-bond acceptors (Lipinski definition) is 6. The second-order valence-electron chi connectivity index (χ2n) is 7.80. The molecular formula is C26H20F2N4O3S. The van der Waals surface area contributed by atoms with Gasteiger partial charge in [-0.1, -0.05) is 11.8 Å². The van der Waals surface area contributed by atoms with E-state index in [0.29, 0.717) is 56.1 Å². The van der Waals surface area contributed by atoms with Gasteiger partial charge in [0.05, 0.1) is 42.3 Å². The molecule has 0 spiro atoms. The van der Waals surface area contributed by atoms with Crippen LogP contribution in [-0.2, 0) is 5.75 Å². The van der Waals surface area contributed by atoms with Crippen LogP contribution in [-0.4, -0.2) is 34.2 Å². The third-order valence-electron chi connectivity index (χ3n) is 5.54. The summed E-state index contributed by atoms with van der Waals surface area (Å²) in [6.07, 6.45) is 0. The molecule has 2 heterocycles. The van der Waals surface area contributed by atoms with Crippen LogP contribution >= 0.6 is 11.8 Å². The summed E-state index contributed by atoms with van der Waals surface area (Å²) in [7, 11) is 3.02. The van der Waals surface area contributed by atoms with E-state index in [0.717, 1.165) is 5.56 Å². The van der Waals surface area contributed by atoms with Crippen molar-refractivity contribution in [3.8, 4) is 34.0 Å². The van der Waals surface area contributed by atoms with E-state index in [-0.39, 0.29) is 17.2 Å². The van der Waals surface area contributed by atoms with Crippen molar-refractivity contribution >= 4 is 22.7 Å². The molecule has 0 saturated carbocycles. The number of halogens is 2. The van der Waals surface area contributed by atoms with Gasteiger partial charge in [-0.3, -0.25) is 4.79 Å². The Balaban J connectivity index is 1.48. The molecule has 0 bridgehead atoms.